The number of amides is 2. The fraction of sp³-hybridized carbons (Fsp3) is 0.500. The average molecular weight is 834 g/mol. The molecule has 306 valence electrons. The van der Waals surface area contributed by atoms with Crippen LogP contribution in [0.4, 0.5) is 29.2 Å². The van der Waals surface area contributed by atoms with E-state index in [1.807, 2.05) is 30.6 Å². The van der Waals surface area contributed by atoms with Crippen LogP contribution in [0.1, 0.15) is 79.2 Å². The topological polar surface area (TPSA) is 133 Å². The molecule has 0 aliphatic carbocycles. The van der Waals surface area contributed by atoms with Crippen LogP contribution in [0.15, 0.2) is 30.4 Å². The summed E-state index contributed by atoms with van der Waals surface area (Å²) in [6, 6.07) is 5.84. The molecular weight excluding hydrogens is 788 g/mol. The second-order valence-electron chi connectivity index (χ2n) is 17.8. The number of anilines is 2. The molecule has 2 aromatic carbocycles. The average Bonchev–Trinajstić information content (AvgIpc) is 3.84. The Morgan fingerprint density at radius 3 is 2.48 bits per heavy atom. The van der Waals surface area contributed by atoms with Gasteiger partial charge in [0, 0.05) is 36.0 Å². The number of halogens is 3. The first-order valence-corrected chi connectivity index (χ1v) is 20.7. The highest BCUT2D eigenvalue weighted by atomic mass is 35.5. The molecule has 2 amide bonds. The van der Waals surface area contributed by atoms with Gasteiger partial charge in [0.25, 0.3) is 0 Å². The van der Waals surface area contributed by atoms with Crippen molar-refractivity contribution in [3.8, 4) is 23.2 Å². The van der Waals surface area contributed by atoms with Crippen molar-refractivity contribution in [2.24, 2.45) is 0 Å². The third-order valence-corrected chi connectivity index (χ3v) is 12.6. The van der Waals surface area contributed by atoms with Gasteiger partial charge in [0.05, 0.1) is 32.9 Å². The Hall–Kier alpha value is -4.78. The number of carbonyl (C=O) groups is 2. The first-order chi connectivity index (χ1) is 27.3. The van der Waals surface area contributed by atoms with Crippen LogP contribution in [-0.2, 0) is 9.47 Å². The zero-order valence-corrected chi connectivity index (χ0v) is 35.0. The first kappa shape index (κ1) is 40.0. The predicted molar refractivity (Wildman–Crippen MR) is 220 cm³/mol. The van der Waals surface area contributed by atoms with Crippen LogP contribution < -0.4 is 15.0 Å². The number of hydrogen-bond donors (Lipinski definition) is 1. The largest absolute Gasteiger partial charge is 0.461 e. The summed E-state index contributed by atoms with van der Waals surface area (Å²) in [5.41, 5.74) is -0.712. The second kappa shape index (κ2) is 14.5. The molecule has 3 atom stereocenters. The fourth-order valence-electron chi connectivity index (χ4n) is 9.02. The quantitative estimate of drug-likeness (QED) is 0.187. The van der Waals surface area contributed by atoms with Gasteiger partial charge in [-0.25, -0.2) is 18.4 Å². The van der Waals surface area contributed by atoms with E-state index in [-0.39, 0.29) is 78.7 Å². The van der Waals surface area contributed by atoms with Crippen LogP contribution in [0.2, 0.25) is 5.02 Å². The molecule has 2 unspecified atom stereocenters. The summed E-state index contributed by atoms with van der Waals surface area (Å²) in [7, 11) is 0. The van der Waals surface area contributed by atoms with Crippen LogP contribution in [0.25, 0.3) is 32.1 Å². The number of fused-ring (bicyclic) bond motifs is 5. The van der Waals surface area contributed by atoms with Crippen LogP contribution >= 0.6 is 22.9 Å². The van der Waals surface area contributed by atoms with E-state index in [4.69, 9.17) is 30.8 Å². The molecule has 8 rings (SSSR count). The van der Waals surface area contributed by atoms with Gasteiger partial charge in [-0.2, -0.15) is 15.2 Å². The summed E-state index contributed by atoms with van der Waals surface area (Å²) >= 11 is 7.86. The maximum absolute atomic E-state index is 17.5. The van der Waals surface area contributed by atoms with E-state index in [1.165, 1.54) is 12.1 Å². The molecule has 0 radical (unpaired) electrons. The SMILES string of the molecule is C=C1CN2CCC[C@@]2(COc2nc(N3CC4CCC(C3)N4C(=O)OC(C)(C)C)c3cc(Cl)c(-c4ccc(F)c5sc(NC(=O)OC(C)(C)C)c(C#N)c45)c(F)c3n2)C1. The van der Waals surface area contributed by atoms with E-state index < -0.39 is 28.9 Å². The Morgan fingerprint density at radius 2 is 1.81 bits per heavy atom. The van der Waals surface area contributed by atoms with Gasteiger partial charge in [0.1, 0.15) is 46.0 Å². The zero-order valence-electron chi connectivity index (χ0n) is 33.4. The lowest BCUT2D eigenvalue weighted by atomic mass is 9.94. The Balaban J connectivity index is 1.24. The van der Waals surface area contributed by atoms with Gasteiger partial charge in [-0.1, -0.05) is 29.8 Å². The van der Waals surface area contributed by atoms with Gasteiger partial charge < -0.3 is 19.1 Å². The van der Waals surface area contributed by atoms with Crippen molar-refractivity contribution < 1.29 is 32.6 Å². The summed E-state index contributed by atoms with van der Waals surface area (Å²) in [5.74, 6) is -1.07. The molecule has 6 heterocycles. The number of hydrogen-bond acceptors (Lipinski definition) is 11. The molecular formula is C42H46ClF2N7O5S. The van der Waals surface area contributed by atoms with Crippen molar-refractivity contribution in [2.45, 2.75) is 102 Å². The monoisotopic (exact) mass is 833 g/mol. The van der Waals surface area contributed by atoms with Crippen molar-refractivity contribution in [3.63, 3.8) is 0 Å². The molecule has 4 aromatic rings. The molecule has 0 saturated carbocycles. The van der Waals surface area contributed by atoms with Crippen LogP contribution in [0.3, 0.4) is 0 Å². The van der Waals surface area contributed by atoms with Gasteiger partial charge in [0.2, 0.25) is 0 Å². The van der Waals surface area contributed by atoms with Crippen LogP contribution in [0.5, 0.6) is 6.01 Å². The number of benzene rings is 2. The van der Waals surface area contributed by atoms with E-state index in [0.29, 0.717) is 24.3 Å². The second-order valence-corrected chi connectivity index (χ2v) is 19.2. The lowest BCUT2D eigenvalue weighted by molar-refractivity contribution is 0.0122. The van der Waals surface area contributed by atoms with Gasteiger partial charge >= 0.3 is 18.2 Å². The summed E-state index contributed by atoms with van der Waals surface area (Å²) in [6.07, 6.45) is 3.06. The minimum Gasteiger partial charge on any atom is -0.461 e. The summed E-state index contributed by atoms with van der Waals surface area (Å²) < 4.78 is 50.6. The first-order valence-electron chi connectivity index (χ1n) is 19.5. The van der Waals surface area contributed by atoms with Crippen molar-refractivity contribution >= 4 is 66.9 Å². The molecule has 12 nitrogen and oxygen atoms in total. The molecule has 4 aliphatic rings. The number of piperazine rings is 1. The molecule has 58 heavy (non-hydrogen) atoms. The normalized spacial score (nSPS) is 22.1. The third kappa shape index (κ3) is 7.28. The van der Waals surface area contributed by atoms with E-state index >= 15 is 8.78 Å². The molecule has 1 N–H and O–H groups in total. The maximum Gasteiger partial charge on any atom is 0.412 e. The highest BCUT2D eigenvalue weighted by molar-refractivity contribution is 7.23. The molecule has 2 aromatic heterocycles. The maximum atomic E-state index is 17.5. The third-order valence-electron chi connectivity index (χ3n) is 11.2. The predicted octanol–water partition coefficient (Wildman–Crippen LogP) is 9.42. The molecule has 0 spiro atoms. The number of rotatable bonds is 6. The highest BCUT2D eigenvalue weighted by Crippen LogP contribution is 2.47. The van der Waals surface area contributed by atoms with Gasteiger partial charge in [-0.15, -0.1) is 11.3 Å². The minimum atomic E-state index is -0.831. The summed E-state index contributed by atoms with van der Waals surface area (Å²) in [5, 5.41) is 13.4. The lowest BCUT2D eigenvalue weighted by Crippen LogP contribution is -2.57. The molecule has 16 heteroatoms. The Morgan fingerprint density at radius 1 is 1.10 bits per heavy atom. The Labute approximate surface area is 344 Å². The molecule has 4 aliphatic heterocycles. The molecule has 4 fully saturated rings. The number of nitrogens with one attached hydrogen (secondary N) is 1. The van der Waals surface area contributed by atoms with Gasteiger partial charge in [0.15, 0.2) is 5.82 Å². The summed E-state index contributed by atoms with van der Waals surface area (Å²) in [4.78, 5) is 41.9. The fourth-order valence-corrected chi connectivity index (χ4v) is 10.4. The highest BCUT2D eigenvalue weighted by Gasteiger charge is 2.47. The number of nitriles is 1. The Kier molecular flexibility index (Phi) is 10.0. The lowest BCUT2D eigenvalue weighted by Gasteiger charge is -2.42. The zero-order chi connectivity index (χ0) is 41.5. The van der Waals surface area contributed by atoms with Crippen molar-refractivity contribution in [1.82, 2.24) is 19.8 Å². The van der Waals surface area contributed by atoms with Crippen molar-refractivity contribution in [2.75, 3.05) is 43.0 Å². The van der Waals surface area contributed by atoms with E-state index in [1.54, 1.807) is 26.8 Å². The number of ether oxygens (including phenoxy) is 3. The van der Waals surface area contributed by atoms with E-state index in [0.717, 1.165) is 62.1 Å². The Bertz CT molecular complexity index is 2410. The van der Waals surface area contributed by atoms with Crippen molar-refractivity contribution in [1.29, 1.82) is 5.26 Å². The summed E-state index contributed by atoms with van der Waals surface area (Å²) in [6.45, 7) is 17.7. The van der Waals surface area contributed by atoms with E-state index in [2.05, 4.69) is 27.8 Å². The van der Waals surface area contributed by atoms with Gasteiger partial charge in [-0.3, -0.25) is 15.1 Å². The number of nitrogens with zero attached hydrogens (tertiary/aromatic N) is 6. The number of thiophene rings is 1. The van der Waals surface area contributed by atoms with Crippen LogP contribution in [0, 0.1) is 23.0 Å². The van der Waals surface area contributed by atoms with Crippen LogP contribution in [-0.4, -0.2) is 93.6 Å². The molecule has 4 saturated heterocycles. The number of aromatic nitrogens is 2. The van der Waals surface area contributed by atoms with E-state index in [9.17, 15) is 14.9 Å². The number of carbonyl (C=O) groups excluding carboxylic acids is 2. The van der Waals surface area contributed by atoms with Gasteiger partial charge in [-0.05, 0) is 97.9 Å². The molecule has 2 bridgehead atoms. The smallest absolute Gasteiger partial charge is 0.412 e. The standard InChI is InChI=1S/C42H46ClF2N7O5S/c1-22-16-42(13-8-14-51(42)18-22)21-55-37-47-33-26(35(48-37)50-19-23-9-10-24(20-50)52(23)39(54)57-41(5,6)7)15-28(43)31(32(33)45)25-11-12-29(44)34-30(25)27(17-46)36(58-34)49-38(53)56-40(2,3)4/h11-12,15,23-24H,1,8-10,13-14,16,18-21H2,2-7H3,(H,49,53)/t23?,24?,42-/m0/s1. The van der Waals surface area contributed by atoms with Crippen molar-refractivity contribution in [3.05, 3.63) is 52.6 Å². The minimum absolute atomic E-state index is 0.0170.